The molecule has 2 aromatic heterocycles. The second-order valence-corrected chi connectivity index (χ2v) is 9.22. The van der Waals surface area contributed by atoms with Gasteiger partial charge in [-0.15, -0.1) is 0 Å². The van der Waals surface area contributed by atoms with Crippen LogP contribution in [0.15, 0.2) is 47.6 Å². The molecule has 4 rings (SSSR count). The molecule has 0 bridgehead atoms. The highest BCUT2D eigenvalue weighted by Crippen LogP contribution is 2.21. The van der Waals surface area contributed by atoms with Crippen LogP contribution in [0.3, 0.4) is 0 Å². The standard InChI is InChI=1S/C20H24N6O2S/c1-15-4-6-18(7-5-15)29(27,28)25-10-8-24(9-11-25)19-13-20(22-14-21-19)26-17(3)12-16(2)23-26/h4-7,12-14H,8-11H2,1-3H3. The first-order valence-electron chi connectivity index (χ1n) is 9.52. The first kappa shape index (κ1) is 19.5. The van der Waals surface area contributed by atoms with E-state index in [9.17, 15) is 8.42 Å². The molecule has 1 aromatic carbocycles. The van der Waals surface area contributed by atoms with Gasteiger partial charge in [-0.25, -0.2) is 23.1 Å². The maximum atomic E-state index is 12.9. The normalized spacial score (nSPS) is 15.6. The Balaban J connectivity index is 1.49. The van der Waals surface area contributed by atoms with Gasteiger partial charge < -0.3 is 4.90 Å². The number of hydrogen-bond acceptors (Lipinski definition) is 6. The molecule has 0 unspecified atom stereocenters. The Morgan fingerprint density at radius 3 is 2.14 bits per heavy atom. The summed E-state index contributed by atoms with van der Waals surface area (Å²) < 4.78 is 29.1. The molecule has 1 aliphatic rings. The maximum Gasteiger partial charge on any atom is 0.243 e. The lowest BCUT2D eigenvalue weighted by Crippen LogP contribution is -2.49. The lowest BCUT2D eigenvalue weighted by Gasteiger charge is -2.34. The van der Waals surface area contributed by atoms with E-state index in [0.717, 1.165) is 22.8 Å². The highest BCUT2D eigenvalue weighted by molar-refractivity contribution is 7.89. The molecule has 1 saturated heterocycles. The summed E-state index contributed by atoms with van der Waals surface area (Å²) in [5.74, 6) is 1.48. The smallest absolute Gasteiger partial charge is 0.243 e. The zero-order valence-corrected chi connectivity index (χ0v) is 17.6. The van der Waals surface area contributed by atoms with Gasteiger partial charge in [-0.3, -0.25) is 0 Å². The van der Waals surface area contributed by atoms with Crippen molar-refractivity contribution >= 4 is 15.8 Å². The fraction of sp³-hybridized carbons (Fsp3) is 0.350. The van der Waals surface area contributed by atoms with E-state index in [1.807, 2.05) is 45.0 Å². The summed E-state index contributed by atoms with van der Waals surface area (Å²) in [5, 5.41) is 4.47. The third-order valence-corrected chi connectivity index (χ3v) is 7.00. The molecule has 0 radical (unpaired) electrons. The van der Waals surface area contributed by atoms with Crippen LogP contribution in [0.25, 0.3) is 5.82 Å². The van der Waals surface area contributed by atoms with Gasteiger partial charge in [0.25, 0.3) is 0 Å². The second-order valence-electron chi connectivity index (χ2n) is 7.28. The molecule has 152 valence electrons. The summed E-state index contributed by atoms with van der Waals surface area (Å²) in [5.41, 5.74) is 2.97. The number of aryl methyl sites for hydroxylation is 3. The van der Waals surface area contributed by atoms with Crippen molar-refractivity contribution in [2.75, 3.05) is 31.1 Å². The number of nitrogens with zero attached hydrogens (tertiary/aromatic N) is 6. The molecule has 0 spiro atoms. The quantitative estimate of drug-likeness (QED) is 0.653. The van der Waals surface area contributed by atoms with Gasteiger partial charge in [0.1, 0.15) is 12.1 Å². The van der Waals surface area contributed by atoms with Gasteiger partial charge in [-0.1, -0.05) is 17.7 Å². The predicted octanol–water partition coefficient (Wildman–Crippen LogP) is 2.10. The van der Waals surface area contributed by atoms with E-state index >= 15 is 0 Å². The van der Waals surface area contributed by atoms with Crippen molar-refractivity contribution in [3.05, 3.63) is 59.7 Å². The summed E-state index contributed by atoms with van der Waals surface area (Å²) in [6.45, 7) is 7.83. The molecule has 0 atom stereocenters. The topological polar surface area (TPSA) is 84.2 Å². The third kappa shape index (κ3) is 3.88. The number of hydrogen-bond donors (Lipinski definition) is 0. The molecule has 0 amide bonds. The molecule has 1 aliphatic heterocycles. The molecule has 29 heavy (non-hydrogen) atoms. The zero-order chi connectivity index (χ0) is 20.6. The minimum Gasteiger partial charge on any atom is -0.354 e. The summed E-state index contributed by atoms with van der Waals surface area (Å²) in [7, 11) is -3.48. The van der Waals surface area contributed by atoms with E-state index in [-0.39, 0.29) is 0 Å². The summed E-state index contributed by atoms with van der Waals surface area (Å²) in [6, 6.07) is 10.9. The minimum absolute atomic E-state index is 0.338. The predicted molar refractivity (Wildman–Crippen MR) is 111 cm³/mol. The molecule has 0 aliphatic carbocycles. The Morgan fingerprint density at radius 2 is 1.52 bits per heavy atom. The molecule has 8 nitrogen and oxygen atoms in total. The minimum atomic E-state index is -3.48. The third-order valence-electron chi connectivity index (χ3n) is 5.09. The van der Waals surface area contributed by atoms with Crippen molar-refractivity contribution < 1.29 is 8.42 Å². The van der Waals surface area contributed by atoms with Crippen LogP contribution in [0.5, 0.6) is 0 Å². The van der Waals surface area contributed by atoms with E-state index in [4.69, 9.17) is 0 Å². The number of anilines is 1. The van der Waals surface area contributed by atoms with Crippen molar-refractivity contribution in [3.8, 4) is 5.82 Å². The average Bonchev–Trinajstić information content (AvgIpc) is 3.06. The largest absolute Gasteiger partial charge is 0.354 e. The molecule has 0 N–H and O–H groups in total. The number of sulfonamides is 1. The van der Waals surface area contributed by atoms with Gasteiger partial charge in [0.15, 0.2) is 5.82 Å². The number of piperazine rings is 1. The Hall–Kier alpha value is -2.78. The van der Waals surface area contributed by atoms with Crippen LogP contribution in [-0.4, -0.2) is 58.7 Å². The second kappa shape index (κ2) is 7.57. The van der Waals surface area contributed by atoms with Crippen LogP contribution in [0.1, 0.15) is 17.0 Å². The van der Waals surface area contributed by atoms with Crippen molar-refractivity contribution in [1.82, 2.24) is 24.1 Å². The highest BCUT2D eigenvalue weighted by Gasteiger charge is 2.29. The molecule has 3 heterocycles. The Bertz CT molecular complexity index is 1120. The Morgan fingerprint density at radius 1 is 0.862 bits per heavy atom. The van der Waals surface area contributed by atoms with Crippen molar-refractivity contribution in [2.45, 2.75) is 25.7 Å². The monoisotopic (exact) mass is 412 g/mol. The van der Waals surface area contributed by atoms with Crippen LogP contribution >= 0.6 is 0 Å². The summed E-state index contributed by atoms with van der Waals surface area (Å²) in [6.07, 6.45) is 1.52. The van der Waals surface area contributed by atoms with E-state index in [0.29, 0.717) is 36.9 Å². The van der Waals surface area contributed by atoms with Crippen molar-refractivity contribution in [1.29, 1.82) is 0 Å². The fourth-order valence-electron chi connectivity index (χ4n) is 3.50. The lowest BCUT2D eigenvalue weighted by molar-refractivity contribution is 0.383. The molecular formula is C20H24N6O2S. The molecule has 1 fully saturated rings. The maximum absolute atomic E-state index is 12.9. The van der Waals surface area contributed by atoms with Crippen LogP contribution in [0.4, 0.5) is 5.82 Å². The zero-order valence-electron chi connectivity index (χ0n) is 16.8. The van der Waals surface area contributed by atoms with Gasteiger partial charge >= 0.3 is 0 Å². The molecule has 9 heteroatoms. The number of aromatic nitrogens is 4. The van der Waals surface area contributed by atoms with Crippen LogP contribution in [-0.2, 0) is 10.0 Å². The lowest BCUT2D eigenvalue weighted by atomic mass is 10.2. The number of rotatable bonds is 4. The Kier molecular flexibility index (Phi) is 5.10. The van der Waals surface area contributed by atoms with Gasteiger partial charge in [0.2, 0.25) is 10.0 Å². The van der Waals surface area contributed by atoms with Gasteiger partial charge in [0, 0.05) is 37.9 Å². The van der Waals surface area contributed by atoms with Crippen LogP contribution in [0.2, 0.25) is 0 Å². The van der Waals surface area contributed by atoms with Crippen LogP contribution < -0.4 is 4.90 Å². The van der Waals surface area contributed by atoms with E-state index in [1.165, 1.54) is 10.6 Å². The molecule has 3 aromatic rings. The fourth-order valence-corrected chi connectivity index (χ4v) is 4.93. The Labute approximate surface area is 170 Å². The van der Waals surface area contributed by atoms with Crippen molar-refractivity contribution in [2.24, 2.45) is 0 Å². The highest BCUT2D eigenvalue weighted by atomic mass is 32.2. The first-order valence-corrected chi connectivity index (χ1v) is 11.0. The van der Waals surface area contributed by atoms with E-state index < -0.39 is 10.0 Å². The van der Waals surface area contributed by atoms with Gasteiger partial charge in [-0.2, -0.15) is 9.40 Å². The van der Waals surface area contributed by atoms with Crippen molar-refractivity contribution in [3.63, 3.8) is 0 Å². The summed E-state index contributed by atoms with van der Waals surface area (Å²) in [4.78, 5) is 11.1. The number of benzene rings is 1. The molecular weight excluding hydrogens is 388 g/mol. The van der Waals surface area contributed by atoms with E-state index in [1.54, 1.807) is 16.8 Å². The van der Waals surface area contributed by atoms with Gasteiger partial charge in [-0.05, 0) is 39.0 Å². The summed E-state index contributed by atoms with van der Waals surface area (Å²) >= 11 is 0. The average molecular weight is 413 g/mol. The SMILES string of the molecule is Cc1ccc(S(=O)(=O)N2CCN(c3cc(-n4nc(C)cc4C)ncn3)CC2)cc1. The van der Waals surface area contributed by atoms with Crippen LogP contribution in [0, 0.1) is 20.8 Å². The van der Waals surface area contributed by atoms with E-state index in [2.05, 4.69) is 20.0 Å². The van der Waals surface area contributed by atoms with Gasteiger partial charge in [0.05, 0.1) is 10.6 Å². The first-order chi connectivity index (χ1) is 13.8. The molecule has 0 saturated carbocycles.